The van der Waals surface area contributed by atoms with Crippen molar-refractivity contribution in [3.63, 3.8) is 0 Å². The number of amides is 2. The van der Waals surface area contributed by atoms with Crippen LogP contribution in [0.3, 0.4) is 0 Å². The normalized spacial score (nSPS) is 17.9. The van der Waals surface area contributed by atoms with E-state index < -0.39 is 5.60 Å². The summed E-state index contributed by atoms with van der Waals surface area (Å²) in [7, 11) is 1.61. The molecule has 40 heavy (non-hydrogen) atoms. The van der Waals surface area contributed by atoms with E-state index >= 15 is 0 Å². The standard InChI is InChI=1S/C29H42N8O3/c1-19-18-35(13-14-36(19)28(39)40-29(3,4)5)23-11-12-25(32-17-23)33-20(2)34-26-21(16-30)15-24(27(38)31-6)37(26)22-9-7-8-10-22/h11-12,15-17,19,22,30,34H,2,7-10,13-14,18H2,1,3-6H3,(H,31,38)(H,32,33)/t19-/m1/s1. The number of carbonyl (C=O) groups excluding carboxylic acids is 2. The van der Waals surface area contributed by atoms with Gasteiger partial charge in [0.15, 0.2) is 0 Å². The SMILES string of the molecule is C=C(Nc1ccc(N2CCN(C(=O)OC(C)(C)C)[C@H](C)C2)cn1)Nc1c(C=N)cc(C(=O)NC)n1C1CCCC1. The van der Waals surface area contributed by atoms with Gasteiger partial charge in [-0.25, -0.2) is 9.78 Å². The Morgan fingerprint density at radius 1 is 1.18 bits per heavy atom. The molecule has 0 bridgehead atoms. The maximum absolute atomic E-state index is 12.6. The van der Waals surface area contributed by atoms with E-state index in [9.17, 15) is 9.59 Å². The fraction of sp³-hybridized carbons (Fsp3) is 0.517. The van der Waals surface area contributed by atoms with Gasteiger partial charge in [0.1, 0.15) is 28.8 Å². The summed E-state index contributed by atoms with van der Waals surface area (Å²) >= 11 is 0. The van der Waals surface area contributed by atoms with Gasteiger partial charge >= 0.3 is 6.09 Å². The number of anilines is 3. The molecule has 3 heterocycles. The lowest BCUT2D eigenvalue weighted by molar-refractivity contribution is 0.0159. The van der Waals surface area contributed by atoms with Crippen LogP contribution in [-0.4, -0.2) is 71.0 Å². The Morgan fingerprint density at radius 2 is 1.90 bits per heavy atom. The second-order valence-corrected chi connectivity index (χ2v) is 11.5. The lowest BCUT2D eigenvalue weighted by atomic mass is 10.1. The van der Waals surface area contributed by atoms with E-state index in [1.165, 1.54) is 6.21 Å². The lowest BCUT2D eigenvalue weighted by Crippen LogP contribution is -2.55. The average Bonchev–Trinajstić information content (AvgIpc) is 3.55. The molecule has 1 saturated heterocycles. The number of piperazine rings is 1. The van der Waals surface area contributed by atoms with Crippen LogP contribution in [0.1, 0.15) is 75.5 Å². The van der Waals surface area contributed by atoms with Crippen LogP contribution in [0, 0.1) is 5.41 Å². The van der Waals surface area contributed by atoms with Crippen molar-refractivity contribution in [2.45, 2.75) is 71.1 Å². The van der Waals surface area contributed by atoms with Crippen molar-refractivity contribution >= 4 is 35.5 Å². The van der Waals surface area contributed by atoms with Crippen LogP contribution in [0.25, 0.3) is 0 Å². The molecular weight excluding hydrogens is 508 g/mol. The van der Waals surface area contributed by atoms with Crippen LogP contribution in [0.2, 0.25) is 0 Å². The van der Waals surface area contributed by atoms with Crippen LogP contribution >= 0.6 is 0 Å². The smallest absolute Gasteiger partial charge is 0.410 e. The van der Waals surface area contributed by atoms with Crippen LogP contribution < -0.4 is 20.9 Å². The van der Waals surface area contributed by atoms with Gasteiger partial charge < -0.3 is 40.5 Å². The largest absolute Gasteiger partial charge is 0.444 e. The summed E-state index contributed by atoms with van der Waals surface area (Å²) < 4.78 is 7.56. The number of aromatic nitrogens is 2. The zero-order valence-corrected chi connectivity index (χ0v) is 24.2. The highest BCUT2D eigenvalue weighted by atomic mass is 16.6. The summed E-state index contributed by atoms with van der Waals surface area (Å²) in [6, 6.07) is 5.82. The van der Waals surface area contributed by atoms with Gasteiger partial charge in [-0.1, -0.05) is 19.4 Å². The second-order valence-electron chi connectivity index (χ2n) is 11.5. The molecule has 0 unspecified atom stereocenters. The van der Waals surface area contributed by atoms with E-state index in [4.69, 9.17) is 10.1 Å². The van der Waals surface area contributed by atoms with Gasteiger partial charge in [0, 0.05) is 50.5 Å². The van der Waals surface area contributed by atoms with Crippen molar-refractivity contribution < 1.29 is 14.3 Å². The van der Waals surface area contributed by atoms with Gasteiger partial charge in [-0.2, -0.15) is 0 Å². The van der Waals surface area contributed by atoms with E-state index in [0.717, 1.165) is 31.4 Å². The number of hydrogen-bond acceptors (Lipinski definition) is 8. The van der Waals surface area contributed by atoms with Crippen molar-refractivity contribution in [1.29, 1.82) is 5.41 Å². The Labute approximate surface area is 236 Å². The topological polar surface area (TPSA) is 128 Å². The molecule has 11 nitrogen and oxygen atoms in total. The van der Waals surface area contributed by atoms with Gasteiger partial charge in [0.2, 0.25) is 0 Å². The number of nitrogens with one attached hydrogen (secondary N) is 4. The monoisotopic (exact) mass is 550 g/mol. The van der Waals surface area contributed by atoms with Gasteiger partial charge in [0.05, 0.1) is 11.9 Å². The first-order chi connectivity index (χ1) is 19.0. The Hall–Kier alpha value is -4.02. The molecule has 0 aromatic carbocycles. The fourth-order valence-electron chi connectivity index (χ4n) is 5.39. The molecule has 0 spiro atoms. The minimum absolute atomic E-state index is 0.00389. The van der Waals surface area contributed by atoms with Crippen molar-refractivity contribution in [2.75, 3.05) is 42.2 Å². The van der Waals surface area contributed by atoms with Gasteiger partial charge in [-0.3, -0.25) is 4.79 Å². The first-order valence-corrected chi connectivity index (χ1v) is 13.9. The predicted octanol–water partition coefficient (Wildman–Crippen LogP) is 4.80. The van der Waals surface area contributed by atoms with Crippen molar-refractivity contribution in [2.24, 2.45) is 0 Å². The lowest BCUT2D eigenvalue weighted by Gasteiger charge is -2.41. The molecular formula is C29H42N8O3. The minimum Gasteiger partial charge on any atom is -0.444 e. The van der Waals surface area contributed by atoms with E-state index in [-0.39, 0.29) is 24.1 Å². The van der Waals surface area contributed by atoms with Crippen LogP contribution in [-0.2, 0) is 4.74 Å². The highest BCUT2D eigenvalue weighted by molar-refractivity contribution is 5.98. The molecule has 2 amide bonds. The first kappa shape index (κ1) is 29.0. The highest BCUT2D eigenvalue weighted by Crippen LogP contribution is 2.36. The summed E-state index contributed by atoms with van der Waals surface area (Å²) in [4.78, 5) is 33.7. The summed E-state index contributed by atoms with van der Waals surface area (Å²) in [5.41, 5.74) is 1.60. The molecule has 11 heteroatoms. The number of carbonyl (C=O) groups is 2. The van der Waals surface area contributed by atoms with E-state index in [0.29, 0.717) is 48.3 Å². The molecule has 1 atom stereocenters. The molecule has 1 aliphatic heterocycles. The van der Waals surface area contributed by atoms with E-state index in [2.05, 4.69) is 32.4 Å². The molecule has 216 valence electrons. The molecule has 4 rings (SSSR count). The summed E-state index contributed by atoms with van der Waals surface area (Å²) in [5, 5.41) is 17.1. The number of hydrogen-bond donors (Lipinski definition) is 4. The van der Waals surface area contributed by atoms with E-state index in [1.807, 2.05) is 44.4 Å². The number of rotatable bonds is 8. The molecule has 4 N–H and O–H groups in total. The maximum Gasteiger partial charge on any atom is 0.410 e. The van der Waals surface area contributed by atoms with E-state index in [1.54, 1.807) is 24.2 Å². The summed E-state index contributed by atoms with van der Waals surface area (Å²) in [6.45, 7) is 13.7. The van der Waals surface area contributed by atoms with Gasteiger partial charge in [-0.15, -0.1) is 0 Å². The molecule has 2 fully saturated rings. The second kappa shape index (κ2) is 12.0. The van der Waals surface area contributed by atoms with Crippen LogP contribution in [0.5, 0.6) is 0 Å². The van der Waals surface area contributed by atoms with Crippen molar-refractivity contribution in [3.05, 3.63) is 48.1 Å². The Bertz CT molecular complexity index is 1240. The number of ether oxygens (including phenoxy) is 1. The molecule has 2 aliphatic rings. The number of nitrogens with zero attached hydrogens (tertiary/aromatic N) is 4. The van der Waals surface area contributed by atoms with Crippen molar-refractivity contribution in [3.8, 4) is 0 Å². The van der Waals surface area contributed by atoms with Gasteiger partial charge in [0.25, 0.3) is 5.91 Å². The molecule has 2 aromatic rings. The third kappa shape index (κ3) is 6.57. The quantitative estimate of drug-likeness (QED) is 0.348. The summed E-state index contributed by atoms with van der Waals surface area (Å²) in [6.07, 6.45) is 6.97. The van der Waals surface area contributed by atoms with Gasteiger partial charge in [-0.05, 0) is 58.7 Å². The van der Waals surface area contributed by atoms with Crippen LogP contribution in [0.4, 0.5) is 22.1 Å². The average molecular weight is 551 g/mol. The Kier molecular flexibility index (Phi) is 8.70. The molecule has 1 aliphatic carbocycles. The number of pyridine rings is 1. The zero-order chi connectivity index (χ0) is 29.0. The van der Waals surface area contributed by atoms with Crippen LogP contribution in [0.15, 0.2) is 36.8 Å². The maximum atomic E-state index is 12.6. The van der Waals surface area contributed by atoms with Crippen molar-refractivity contribution in [1.82, 2.24) is 19.8 Å². The Balaban J connectivity index is 1.41. The fourth-order valence-corrected chi connectivity index (χ4v) is 5.39. The third-order valence-corrected chi connectivity index (χ3v) is 7.29. The highest BCUT2D eigenvalue weighted by Gasteiger charge is 2.31. The minimum atomic E-state index is -0.521. The Morgan fingerprint density at radius 3 is 2.48 bits per heavy atom. The molecule has 0 radical (unpaired) electrons. The predicted molar refractivity (Wildman–Crippen MR) is 158 cm³/mol. The first-order valence-electron chi connectivity index (χ1n) is 13.9. The third-order valence-electron chi connectivity index (χ3n) is 7.29. The molecule has 2 aromatic heterocycles. The summed E-state index contributed by atoms with van der Waals surface area (Å²) in [5.74, 6) is 1.60. The zero-order valence-electron chi connectivity index (χ0n) is 24.2. The molecule has 1 saturated carbocycles.